The summed E-state index contributed by atoms with van der Waals surface area (Å²) in [6.07, 6.45) is 0.895. The van der Waals surface area contributed by atoms with Gasteiger partial charge in [0.1, 0.15) is 11.8 Å². The van der Waals surface area contributed by atoms with Crippen molar-refractivity contribution in [2.75, 3.05) is 6.54 Å². The number of carbonyl (C=O) groups is 4. The molecular formula is C10H13NO5. The van der Waals surface area contributed by atoms with Crippen LogP contribution in [0.15, 0.2) is 0 Å². The second-order valence-corrected chi connectivity index (χ2v) is 3.66. The number of nitrogens with one attached hydrogen (secondary N) is 1. The lowest BCUT2D eigenvalue weighted by atomic mass is 10.2. The average molecular weight is 227 g/mol. The minimum atomic E-state index is -1.26. The van der Waals surface area contributed by atoms with Crippen molar-refractivity contribution in [2.24, 2.45) is 0 Å². The molecule has 1 aliphatic rings. The highest BCUT2D eigenvalue weighted by Crippen LogP contribution is 2.06. The van der Waals surface area contributed by atoms with Crippen LogP contribution in [0.25, 0.3) is 0 Å². The zero-order valence-electron chi connectivity index (χ0n) is 8.95. The maximum absolute atomic E-state index is 11.3. The lowest BCUT2D eigenvalue weighted by molar-refractivity contribution is -0.165. The van der Waals surface area contributed by atoms with Gasteiger partial charge in [0.05, 0.1) is 6.42 Å². The van der Waals surface area contributed by atoms with E-state index < -0.39 is 36.0 Å². The van der Waals surface area contributed by atoms with Crippen LogP contribution in [0, 0.1) is 0 Å². The van der Waals surface area contributed by atoms with E-state index in [2.05, 4.69) is 10.1 Å². The number of esters is 2. The van der Waals surface area contributed by atoms with Gasteiger partial charge in [0, 0.05) is 0 Å². The molecule has 1 atom stereocenters. The third kappa shape index (κ3) is 3.54. The van der Waals surface area contributed by atoms with E-state index in [0.717, 1.165) is 6.42 Å². The van der Waals surface area contributed by atoms with Crippen LogP contribution in [0.2, 0.25) is 0 Å². The maximum Gasteiger partial charge on any atom is 0.382 e. The third-order valence-electron chi connectivity index (χ3n) is 2.18. The summed E-state index contributed by atoms with van der Waals surface area (Å²) >= 11 is 0. The Kier molecular flexibility index (Phi) is 4.30. The molecule has 1 fully saturated rings. The summed E-state index contributed by atoms with van der Waals surface area (Å²) in [5.41, 5.74) is 0. The average Bonchev–Trinajstić information content (AvgIpc) is 2.68. The molecule has 1 N–H and O–H groups in total. The van der Waals surface area contributed by atoms with Crippen LogP contribution in [-0.4, -0.2) is 36.1 Å². The van der Waals surface area contributed by atoms with Crippen LogP contribution in [0.4, 0.5) is 0 Å². The van der Waals surface area contributed by atoms with Gasteiger partial charge < -0.3 is 10.1 Å². The van der Waals surface area contributed by atoms with Crippen LogP contribution >= 0.6 is 0 Å². The van der Waals surface area contributed by atoms with Gasteiger partial charge in [-0.05, 0) is 26.3 Å². The van der Waals surface area contributed by atoms with Crippen molar-refractivity contribution in [1.29, 1.82) is 0 Å². The van der Waals surface area contributed by atoms with Gasteiger partial charge in [-0.1, -0.05) is 0 Å². The summed E-state index contributed by atoms with van der Waals surface area (Å²) in [4.78, 5) is 44.0. The van der Waals surface area contributed by atoms with Gasteiger partial charge in [0.2, 0.25) is 5.78 Å². The quantitative estimate of drug-likeness (QED) is 0.390. The highest BCUT2D eigenvalue weighted by Gasteiger charge is 2.28. The number of hydrogen-bond donors (Lipinski definition) is 1. The summed E-state index contributed by atoms with van der Waals surface area (Å²) in [5.74, 6) is -3.43. The standard InChI is InChI=1S/C10H13NO5/c1-6(12)5-8(13)10(15)16-9(14)7-3-2-4-11-7/h7,11H,2-5H2,1H3/t7-/m0/s1. The lowest BCUT2D eigenvalue weighted by Crippen LogP contribution is -2.35. The minimum absolute atomic E-state index is 0.437. The molecule has 88 valence electrons. The second kappa shape index (κ2) is 5.50. The van der Waals surface area contributed by atoms with Crippen molar-refractivity contribution in [3.05, 3.63) is 0 Å². The molecule has 0 aromatic heterocycles. The number of ketones is 2. The SMILES string of the molecule is CC(=O)CC(=O)C(=O)OC(=O)[C@@H]1CCCN1. The molecule has 0 aromatic rings. The molecule has 0 aromatic carbocycles. The first-order chi connectivity index (χ1) is 7.50. The first-order valence-electron chi connectivity index (χ1n) is 5.02. The van der Waals surface area contributed by atoms with Crippen molar-refractivity contribution in [3.8, 4) is 0 Å². The van der Waals surface area contributed by atoms with Gasteiger partial charge in [0.15, 0.2) is 0 Å². The molecule has 6 heteroatoms. The molecule has 1 saturated heterocycles. The molecule has 0 radical (unpaired) electrons. The number of carbonyl (C=O) groups excluding carboxylic acids is 4. The molecule has 0 unspecified atom stereocenters. The van der Waals surface area contributed by atoms with Gasteiger partial charge in [0.25, 0.3) is 0 Å². The number of hydrogen-bond acceptors (Lipinski definition) is 6. The minimum Gasteiger partial charge on any atom is -0.386 e. The van der Waals surface area contributed by atoms with E-state index in [9.17, 15) is 19.2 Å². The zero-order chi connectivity index (χ0) is 12.1. The van der Waals surface area contributed by atoms with Crippen LogP contribution in [-0.2, 0) is 23.9 Å². The van der Waals surface area contributed by atoms with Crippen LogP contribution < -0.4 is 5.32 Å². The molecule has 1 aliphatic heterocycles. The summed E-state index contributed by atoms with van der Waals surface area (Å²) in [6, 6.07) is -0.519. The first-order valence-corrected chi connectivity index (χ1v) is 5.02. The van der Waals surface area contributed by atoms with Gasteiger partial charge in [-0.15, -0.1) is 0 Å². The van der Waals surface area contributed by atoms with Gasteiger partial charge in [-0.25, -0.2) is 9.59 Å². The molecule has 0 spiro atoms. The van der Waals surface area contributed by atoms with E-state index in [0.29, 0.717) is 13.0 Å². The Hall–Kier alpha value is -1.56. The third-order valence-corrected chi connectivity index (χ3v) is 2.18. The molecule has 1 heterocycles. The normalized spacial score (nSPS) is 19.2. The van der Waals surface area contributed by atoms with Crippen molar-refractivity contribution >= 4 is 23.5 Å². The van der Waals surface area contributed by atoms with Crippen LogP contribution in [0.3, 0.4) is 0 Å². The summed E-state index contributed by atoms with van der Waals surface area (Å²) < 4.78 is 4.35. The Balaban J connectivity index is 2.41. The van der Waals surface area contributed by atoms with Gasteiger partial charge in [-0.2, -0.15) is 0 Å². The monoisotopic (exact) mass is 227 g/mol. The fraction of sp³-hybridized carbons (Fsp3) is 0.600. The highest BCUT2D eigenvalue weighted by atomic mass is 16.6. The molecule has 1 rings (SSSR count). The summed E-state index contributed by atoms with van der Waals surface area (Å²) in [5, 5.41) is 2.84. The van der Waals surface area contributed by atoms with Gasteiger partial charge >= 0.3 is 11.9 Å². The predicted octanol–water partition coefficient (Wildman–Crippen LogP) is -0.644. The number of ether oxygens (including phenoxy) is 1. The number of rotatable bonds is 4. The molecule has 0 aliphatic carbocycles. The molecule has 16 heavy (non-hydrogen) atoms. The van der Waals surface area contributed by atoms with Crippen LogP contribution in [0.5, 0.6) is 0 Å². The summed E-state index contributed by atoms with van der Waals surface area (Å²) in [6.45, 7) is 1.88. The smallest absolute Gasteiger partial charge is 0.382 e. The Labute approximate surface area is 92.3 Å². The Morgan fingerprint density at radius 1 is 1.31 bits per heavy atom. The van der Waals surface area contributed by atoms with E-state index in [1.807, 2.05) is 0 Å². The fourth-order valence-corrected chi connectivity index (χ4v) is 1.40. The largest absolute Gasteiger partial charge is 0.386 e. The Morgan fingerprint density at radius 2 is 2.00 bits per heavy atom. The molecule has 0 saturated carbocycles. The molecular weight excluding hydrogens is 214 g/mol. The zero-order valence-corrected chi connectivity index (χ0v) is 8.95. The molecule has 6 nitrogen and oxygen atoms in total. The molecule has 0 bridgehead atoms. The highest BCUT2D eigenvalue weighted by molar-refractivity contribution is 6.38. The van der Waals surface area contributed by atoms with Crippen LogP contribution in [0.1, 0.15) is 26.2 Å². The topological polar surface area (TPSA) is 89.5 Å². The van der Waals surface area contributed by atoms with E-state index in [-0.39, 0.29) is 0 Å². The van der Waals surface area contributed by atoms with Gasteiger partial charge in [-0.3, -0.25) is 9.59 Å². The second-order valence-electron chi connectivity index (χ2n) is 3.66. The fourth-order valence-electron chi connectivity index (χ4n) is 1.40. The predicted molar refractivity (Wildman–Crippen MR) is 52.4 cm³/mol. The summed E-state index contributed by atoms with van der Waals surface area (Å²) in [7, 11) is 0. The Bertz CT molecular complexity index is 330. The van der Waals surface area contributed by atoms with Crippen molar-refractivity contribution < 1.29 is 23.9 Å². The number of Topliss-reactive ketones (excluding diaryl/α,β-unsaturated/α-hetero) is 2. The van der Waals surface area contributed by atoms with E-state index in [4.69, 9.17) is 0 Å². The van der Waals surface area contributed by atoms with E-state index in [1.165, 1.54) is 6.92 Å². The van der Waals surface area contributed by atoms with Crippen molar-refractivity contribution in [2.45, 2.75) is 32.2 Å². The van der Waals surface area contributed by atoms with E-state index in [1.54, 1.807) is 0 Å². The van der Waals surface area contributed by atoms with Crippen molar-refractivity contribution in [3.63, 3.8) is 0 Å². The molecule has 0 amide bonds. The Morgan fingerprint density at radius 3 is 2.50 bits per heavy atom. The van der Waals surface area contributed by atoms with E-state index >= 15 is 0 Å². The van der Waals surface area contributed by atoms with Crippen molar-refractivity contribution in [1.82, 2.24) is 5.32 Å². The maximum atomic E-state index is 11.3. The first kappa shape index (κ1) is 12.5. The lowest BCUT2D eigenvalue weighted by Gasteiger charge is -2.07.